The Hall–Kier alpha value is -4.37. The van der Waals surface area contributed by atoms with Crippen LogP contribution in [0.5, 0.6) is 0 Å². The molecule has 2 N–H and O–H groups in total. The molecule has 160 valence electrons. The zero-order chi connectivity index (χ0) is 22.5. The van der Waals surface area contributed by atoms with Gasteiger partial charge in [0.05, 0.1) is 11.3 Å². The minimum atomic E-state index is -0.121. The molecule has 0 fully saturated rings. The van der Waals surface area contributed by atoms with Crippen LogP contribution in [0.15, 0.2) is 121 Å². The summed E-state index contributed by atoms with van der Waals surface area (Å²) in [5.41, 5.74) is 7.41. The quantitative estimate of drug-likeness (QED) is 0.295. The molecule has 1 heterocycles. The van der Waals surface area contributed by atoms with Crippen molar-refractivity contribution in [2.45, 2.75) is 6.42 Å². The van der Waals surface area contributed by atoms with Gasteiger partial charge in [-0.25, -0.2) is 0 Å². The monoisotopic (exact) mass is 428 g/mol. The Kier molecular flexibility index (Phi) is 5.85. The number of hydrogen-bond donors (Lipinski definition) is 2. The summed E-state index contributed by atoms with van der Waals surface area (Å²) in [4.78, 5) is 17.4. The molecular formula is C30H24N2O. The van der Waals surface area contributed by atoms with Gasteiger partial charge in [-0.2, -0.15) is 0 Å². The topological polar surface area (TPSA) is 44.9 Å². The van der Waals surface area contributed by atoms with Gasteiger partial charge in [0, 0.05) is 23.4 Å². The summed E-state index contributed by atoms with van der Waals surface area (Å²) in [5, 5.41) is 3.10. The highest BCUT2D eigenvalue weighted by molar-refractivity contribution is 6.12. The summed E-state index contributed by atoms with van der Waals surface area (Å²) >= 11 is 0. The van der Waals surface area contributed by atoms with Crippen LogP contribution in [-0.2, 0) is 6.42 Å². The Morgan fingerprint density at radius 2 is 1.15 bits per heavy atom. The number of nitrogens with one attached hydrogen (secondary N) is 2. The molecule has 0 atom stereocenters. The van der Waals surface area contributed by atoms with Gasteiger partial charge in [0.1, 0.15) is 0 Å². The smallest absolute Gasteiger partial charge is 0.258 e. The van der Waals surface area contributed by atoms with E-state index in [4.69, 9.17) is 0 Å². The van der Waals surface area contributed by atoms with Gasteiger partial charge in [-0.05, 0) is 28.8 Å². The minimum Gasteiger partial charge on any atom is -0.357 e. The van der Waals surface area contributed by atoms with Crippen molar-refractivity contribution in [1.29, 1.82) is 0 Å². The van der Waals surface area contributed by atoms with E-state index in [1.807, 2.05) is 84.9 Å². The third-order valence-electron chi connectivity index (χ3n) is 5.69. The van der Waals surface area contributed by atoms with E-state index in [9.17, 15) is 4.79 Å². The lowest BCUT2D eigenvalue weighted by atomic mass is 9.95. The minimum absolute atomic E-state index is 0.121. The Labute approximate surface area is 193 Å². The molecule has 1 aromatic heterocycles. The molecule has 1 amide bonds. The number of carbonyl (C=O) groups excluding carboxylic acids is 1. The van der Waals surface area contributed by atoms with Crippen molar-refractivity contribution in [1.82, 2.24) is 4.98 Å². The molecule has 0 aliphatic rings. The first-order valence-electron chi connectivity index (χ1n) is 11.1. The summed E-state index contributed by atoms with van der Waals surface area (Å²) in [6.07, 6.45) is 0.630. The average molecular weight is 429 g/mol. The highest BCUT2D eigenvalue weighted by Crippen LogP contribution is 2.38. The van der Waals surface area contributed by atoms with Crippen LogP contribution >= 0.6 is 0 Å². The van der Waals surface area contributed by atoms with E-state index in [1.54, 1.807) is 0 Å². The SMILES string of the molecule is O=C(Nc1ccccc1)c1c(Cc2ccccc2)[nH]c(-c2ccccc2)c1-c1ccccc1. The van der Waals surface area contributed by atoms with Crippen LogP contribution in [0.3, 0.4) is 0 Å². The first kappa shape index (κ1) is 20.5. The highest BCUT2D eigenvalue weighted by Gasteiger charge is 2.25. The molecule has 0 radical (unpaired) electrons. The Morgan fingerprint density at radius 3 is 1.76 bits per heavy atom. The predicted molar refractivity (Wildman–Crippen MR) is 135 cm³/mol. The van der Waals surface area contributed by atoms with E-state index in [0.29, 0.717) is 12.0 Å². The maximum Gasteiger partial charge on any atom is 0.258 e. The molecule has 0 unspecified atom stereocenters. The number of aromatic amines is 1. The third kappa shape index (κ3) is 4.48. The molecule has 0 aliphatic heterocycles. The molecule has 5 rings (SSSR count). The van der Waals surface area contributed by atoms with Gasteiger partial charge in [0.25, 0.3) is 5.91 Å². The second-order valence-corrected chi connectivity index (χ2v) is 7.94. The van der Waals surface area contributed by atoms with E-state index in [2.05, 4.69) is 46.7 Å². The Morgan fingerprint density at radius 1 is 0.636 bits per heavy atom. The van der Waals surface area contributed by atoms with Gasteiger partial charge in [-0.1, -0.05) is 109 Å². The van der Waals surface area contributed by atoms with E-state index < -0.39 is 0 Å². The molecule has 0 bridgehead atoms. The molecule has 3 nitrogen and oxygen atoms in total. The number of aromatic nitrogens is 1. The van der Waals surface area contributed by atoms with Gasteiger partial charge < -0.3 is 10.3 Å². The summed E-state index contributed by atoms with van der Waals surface area (Å²) < 4.78 is 0. The Bertz CT molecular complexity index is 1340. The van der Waals surface area contributed by atoms with Crippen molar-refractivity contribution in [2.75, 3.05) is 5.32 Å². The molecule has 4 aromatic carbocycles. The number of carbonyl (C=O) groups is 1. The highest BCUT2D eigenvalue weighted by atomic mass is 16.1. The molecule has 0 aliphatic carbocycles. The van der Waals surface area contributed by atoms with Crippen LogP contribution in [0, 0.1) is 0 Å². The predicted octanol–water partition coefficient (Wildman–Crippen LogP) is 7.19. The maximum absolute atomic E-state index is 13.7. The first-order valence-corrected chi connectivity index (χ1v) is 11.1. The van der Waals surface area contributed by atoms with E-state index in [-0.39, 0.29) is 5.91 Å². The molecule has 0 spiro atoms. The summed E-state index contributed by atoms with van der Waals surface area (Å²) in [6, 6.07) is 40.1. The zero-order valence-electron chi connectivity index (χ0n) is 18.2. The molecule has 0 saturated carbocycles. The molecule has 3 heteroatoms. The maximum atomic E-state index is 13.7. The van der Waals surface area contributed by atoms with Crippen LogP contribution in [0.25, 0.3) is 22.4 Å². The van der Waals surface area contributed by atoms with Gasteiger partial charge in [-0.15, -0.1) is 0 Å². The van der Waals surface area contributed by atoms with Crippen LogP contribution in [0.1, 0.15) is 21.6 Å². The number of para-hydroxylation sites is 1. The number of anilines is 1. The number of rotatable bonds is 6. The van der Waals surface area contributed by atoms with Crippen molar-refractivity contribution in [3.8, 4) is 22.4 Å². The van der Waals surface area contributed by atoms with Gasteiger partial charge in [-0.3, -0.25) is 4.79 Å². The van der Waals surface area contributed by atoms with Crippen molar-refractivity contribution >= 4 is 11.6 Å². The van der Waals surface area contributed by atoms with Gasteiger partial charge >= 0.3 is 0 Å². The zero-order valence-corrected chi connectivity index (χ0v) is 18.2. The molecular weight excluding hydrogens is 404 g/mol. The Balaban J connectivity index is 1.71. The van der Waals surface area contributed by atoms with Gasteiger partial charge in [0.2, 0.25) is 0 Å². The lowest BCUT2D eigenvalue weighted by molar-refractivity contribution is 0.102. The van der Waals surface area contributed by atoms with Crippen LogP contribution in [0.2, 0.25) is 0 Å². The number of hydrogen-bond acceptors (Lipinski definition) is 1. The van der Waals surface area contributed by atoms with Gasteiger partial charge in [0.15, 0.2) is 0 Å². The van der Waals surface area contributed by atoms with E-state index >= 15 is 0 Å². The van der Waals surface area contributed by atoms with Crippen molar-refractivity contribution in [3.05, 3.63) is 138 Å². The molecule has 0 saturated heterocycles. The number of amides is 1. The number of benzene rings is 4. The fourth-order valence-corrected chi connectivity index (χ4v) is 4.16. The summed E-state index contributed by atoms with van der Waals surface area (Å²) in [5.74, 6) is -0.121. The molecule has 33 heavy (non-hydrogen) atoms. The van der Waals surface area contributed by atoms with Crippen molar-refractivity contribution in [3.63, 3.8) is 0 Å². The fourth-order valence-electron chi connectivity index (χ4n) is 4.16. The lowest BCUT2D eigenvalue weighted by Crippen LogP contribution is -2.14. The largest absolute Gasteiger partial charge is 0.357 e. The van der Waals surface area contributed by atoms with Crippen LogP contribution in [0.4, 0.5) is 5.69 Å². The van der Waals surface area contributed by atoms with Crippen molar-refractivity contribution in [2.24, 2.45) is 0 Å². The number of H-pyrrole nitrogens is 1. The second-order valence-electron chi connectivity index (χ2n) is 7.94. The summed E-state index contributed by atoms with van der Waals surface area (Å²) in [7, 11) is 0. The third-order valence-corrected chi connectivity index (χ3v) is 5.69. The normalized spacial score (nSPS) is 10.7. The molecule has 5 aromatic rings. The van der Waals surface area contributed by atoms with Crippen molar-refractivity contribution < 1.29 is 4.79 Å². The van der Waals surface area contributed by atoms with Crippen LogP contribution in [-0.4, -0.2) is 10.9 Å². The fraction of sp³-hybridized carbons (Fsp3) is 0.0333. The summed E-state index contributed by atoms with van der Waals surface area (Å²) in [6.45, 7) is 0. The van der Waals surface area contributed by atoms with E-state index in [0.717, 1.165) is 39.3 Å². The standard InChI is InChI=1S/C30H24N2O/c33-30(31-25-19-11-4-12-20-25)28-26(21-22-13-5-1-6-14-22)32-29(24-17-9-3-10-18-24)27(28)23-15-7-2-8-16-23/h1-20,32H,21H2,(H,31,33). The van der Waals surface area contributed by atoms with Crippen LogP contribution < -0.4 is 5.32 Å². The average Bonchev–Trinajstić information content (AvgIpc) is 3.25. The first-order chi connectivity index (χ1) is 16.3. The lowest BCUT2D eigenvalue weighted by Gasteiger charge is -2.11. The second kappa shape index (κ2) is 9.41. The van der Waals surface area contributed by atoms with E-state index in [1.165, 1.54) is 0 Å².